The largest absolute Gasteiger partial charge is 0.376 e. The minimum atomic E-state index is 0.0345. The van der Waals surface area contributed by atoms with Crippen molar-refractivity contribution in [2.45, 2.75) is 57.1 Å². The topological polar surface area (TPSA) is 65.4 Å². The van der Waals surface area contributed by atoms with Crippen LogP contribution in [0, 0.1) is 16.7 Å². The molecule has 0 aromatic rings. The Labute approximate surface area is 120 Å². The van der Waals surface area contributed by atoms with Crippen LogP contribution < -0.4 is 5.32 Å². The lowest BCUT2D eigenvalue weighted by Gasteiger charge is -2.29. The van der Waals surface area contributed by atoms with Gasteiger partial charge in [-0.25, -0.2) is 4.79 Å². The lowest BCUT2D eigenvalue weighted by molar-refractivity contribution is 0.0519. The lowest BCUT2D eigenvalue weighted by atomic mass is 10.0. The third kappa shape index (κ3) is 2.76. The normalized spacial score (nSPS) is 31.1. The van der Waals surface area contributed by atoms with E-state index in [0.29, 0.717) is 13.0 Å². The van der Waals surface area contributed by atoms with Gasteiger partial charge in [0.1, 0.15) is 0 Å². The fraction of sp³-hybridized carbons (Fsp3) is 0.867. The van der Waals surface area contributed by atoms with Gasteiger partial charge in [-0.05, 0) is 38.5 Å². The smallest absolute Gasteiger partial charge is 0.317 e. The molecule has 3 aliphatic rings. The average molecular weight is 277 g/mol. The fourth-order valence-electron chi connectivity index (χ4n) is 3.46. The molecule has 20 heavy (non-hydrogen) atoms. The molecule has 0 unspecified atom stereocenters. The van der Waals surface area contributed by atoms with Crippen molar-refractivity contribution in [1.82, 2.24) is 10.2 Å². The van der Waals surface area contributed by atoms with Crippen molar-refractivity contribution in [3.05, 3.63) is 0 Å². The van der Waals surface area contributed by atoms with Crippen LogP contribution >= 0.6 is 0 Å². The Morgan fingerprint density at radius 3 is 2.90 bits per heavy atom. The number of carbonyl (C=O) groups is 1. The third-order valence-electron chi connectivity index (χ3n) is 4.98. The molecule has 3 fully saturated rings. The molecule has 1 saturated carbocycles. The van der Waals surface area contributed by atoms with E-state index in [4.69, 9.17) is 10.00 Å². The van der Waals surface area contributed by atoms with E-state index in [-0.39, 0.29) is 23.6 Å². The summed E-state index contributed by atoms with van der Waals surface area (Å²) in [4.78, 5) is 14.3. The van der Waals surface area contributed by atoms with Crippen LogP contribution in [-0.2, 0) is 4.74 Å². The van der Waals surface area contributed by atoms with Crippen LogP contribution in [0.25, 0.3) is 0 Å². The molecule has 0 spiro atoms. The van der Waals surface area contributed by atoms with Crippen LogP contribution in [0.2, 0.25) is 0 Å². The second-order valence-electron chi connectivity index (χ2n) is 6.45. The van der Waals surface area contributed by atoms with Gasteiger partial charge in [-0.1, -0.05) is 0 Å². The number of hydrogen-bond donors (Lipinski definition) is 1. The van der Waals surface area contributed by atoms with Gasteiger partial charge >= 0.3 is 6.03 Å². The molecule has 2 atom stereocenters. The van der Waals surface area contributed by atoms with Crippen molar-refractivity contribution >= 4 is 6.03 Å². The maximum absolute atomic E-state index is 12.4. The summed E-state index contributed by atoms with van der Waals surface area (Å²) < 4.78 is 5.75. The lowest BCUT2D eigenvalue weighted by Crippen LogP contribution is -2.48. The zero-order chi connectivity index (χ0) is 14.0. The first-order chi connectivity index (χ1) is 9.74. The summed E-state index contributed by atoms with van der Waals surface area (Å²) in [5.41, 5.74) is 0.0729. The van der Waals surface area contributed by atoms with Crippen molar-refractivity contribution < 1.29 is 9.53 Å². The zero-order valence-corrected chi connectivity index (χ0v) is 11.9. The van der Waals surface area contributed by atoms with Crippen LogP contribution in [0.3, 0.4) is 0 Å². The van der Waals surface area contributed by atoms with E-state index in [0.717, 1.165) is 51.7 Å². The fourth-order valence-corrected chi connectivity index (χ4v) is 3.46. The number of nitrogens with zero attached hydrogens (tertiary/aromatic N) is 2. The standard InChI is InChI=1S/C15H23N3O2/c16-8-7-15(5-6-15)11-17-14(19)18-9-1-3-12(18)13-4-2-10-20-13/h12-13H,1-7,9-11H2,(H,17,19)/t12-,13+/m1/s1. The first-order valence-electron chi connectivity index (χ1n) is 7.77. The first-order valence-corrected chi connectivity index (χ1v) is 7.77. The van der Waals surface area contributed by atoms with Gasteiger partial charge in [0.25, 0.3) is 0 Å². The second-order valence-corrected chi connectivity index (χ2v) is 6.45. The van der Waals surface area contributed by atoms with Gasteiger partial charge in [0.05, 0.1) is 18.2 Å². The molecule has 2 aliphatic heterocycles. The molecule has 110 valence electrons. The number of carbonyl (C=O) groups excluding carboxylic acids is 1. The van der Waals surface area contributed by atoms with Gasteiger partial charge in [0.15, 0.2) is 0 Å². The minimum Gasteiger partial charge on any atom is -0.376 e. The predicted octanol–water partition coefficient (Wildman–Crippen LogP) is 2.03. The molecule has 0 aromatic heterocycles. The van der Waals surface area contributed by atoms with Gasteiger partial charge in [-0.3, -0.25) is 0 Å². The molecule has 0 aromatic carbocycles. The van der Waals surface area contributed by atoms with E-state index >= 15 is 0 Å². The molecular formula is C15H23N3O2. The predicted molar refractivity (Wildman–Crippen MR) is 74.0 cm³/mol. The van der Waals surface area contributed by atoms with Crippen molar-refractivity contribution in [1.29, 1.82) is 5.26 Å². The van der Waals surface area contributed by atoms with Crippen LogP contribution in [0.1, 0.15) is 44.9 Å². The summed E-state index contributed by atoms with van der Waals surface area (Å²) in [5, 5.41) is 11.9. The summed E-state index contributed by atoms with van der Waals surface area (Å²) >= 11 is 0. The van der Waals surface area contributed by atoms with E-state index in [2.05, 4.69) is 11.4 Å². The Morgan fingerprint density at radius 2 is 2.25 bits per heavy atom. The third-order valence-corrected chi connectivity index (χ3v) is 4.98. The quantitative estimate of drug-likeness (QED) is 0.855. The second kappa shape index (κ2) is 5.61. The Hall–Kier alpha value is -1.28. The summed E-state index contributed by atoms with van der Waals surface area (Å²) in [6.45, 7) is 2.32. The number of likely N-dealkylation sites (tertiary alicyclic amines) is 1. The molecule has 2 amide bonds. The highest BCUT2D eigenvalue weighted by molar-refractivity contribution is 5.75. The molecule has 2 saturated heterocycles. The molecule has 0 radical (unpaired) electrons. The van der Waals surface area contributed by atoms with E-state index in [1.54, 1.807) is 0 Å². The summed E-state index contributed by atoms with van der Waals surface area (Å²) in [7, 11) is 0. The monoisotopic (exact) mass is 277 g/mol. The highest BCUT2D eigenvalue weighted by Crippen LogP contribution is 2.47. The number of urea groups is 1. The maximum Gasteiger partial charge on any atom is 0.317 e. The molecule has 2 heterocycles. The number of ether oxygens (including phenoxy) is 1. The summed E-state index contributed by atoms with van der Waals surface area (Å²) in [6, 6.07) is 2.52. The van der Waals surface area contributed by atoms with Gasteiger partial charge in [-0.15, -0.1) is 0 Å². The van der Waals surface area contributed by atoms with Crippen molar-refractivity contribution in [3.63, 3.8) is 0 Å². The van der Waals surface area contributed by atoms with Crippen molar-refractivity contribution in [3.8, 4) is 6.07 Å². The summed E-state index contributed by atoms with van der Waals surface area (Å²) in [5.74, 6) is 0. The Balaban J connectivity index is 1.52. The first kappa shape index (κ1) is 13.7. The number of amides is 2. The molecule has 0 bridgehead atoms. The van der Waals surface area contributed by atoms with Gasteiger partial charge in [0.2, 0.25) is 0 Å². The van der Waals surface area contributed by atoms with Gasteiger partial charge in [0, 0.05) is 31.5 Å². The SMILES string of the molecule is N#CCC1(CNC(=O)N2CCC[C@@H]2[C@@H]2CCCO2)CC1. The Bertz CT molecular complexity index is 408. The van der Waals surface area contributed by atoms with Crippen LogP contribution in [0.5, 0.6) is 0 Å². The number of nitrogens with one attached hydrogen (secondary N) is 1. The summed E-state index contributed by atoms with van der Waals surface area (Å²) in [6.07, 6.45) is 7.24. The van der Waals surface area contributed by atoms with E-state index in [1.165, 1.54) is 0 Å². The molecule has 3 rings (SSSR count). The van der Waals surface area contributed by atoms with Crippen LogP contribution in [0.15, 0.2) is 0 Å². The van der Waals surface area contributed by atoms with Crippen LogP contribution in [0.4, 0.5) is 4.79 Å². The number of nitriles is 1. The van der Waals surface area contributed by atoms with E-state index in [1.807, 2.05) is 4.90 Å². The highest BCUT2D eigenvalue weighted by Gasteiger charge is 2.43. The Kier molecular flexibility index (Phi) is 3.84. The van der Waals surface area contributed by atoms with Gasteiger partial charge in [-0.2, -0.15) is 5.26 Å². The van der Waals surface area contributed by atoms with Crippen molar-refractivity contribution in [2.24, 2.45) is 5.41 Å². The molecular weight excluding hydrogens is 254 g/mol. The highest BCUT2D eigenvalue weighted by atomic mass is 16.5. The molecule has 1 aliphatic carbocycles. The minimum absolute atomic E-state index is 0.0345. The van der Waals surface area contributed by atoms with Crippen molar-refractivity contribution in [2.75, 3.05) is 19.7 Å². The zero-order valence-electron chi connectivity index (χ0n) is 11.9. The van der Waals surface area contributed by atoms with E-state index < -0.39 is 0 Å². The van der Waals surface area contributed by atoms with E-state index in [9.17, 15) is 4.79 Å². The molecule has 5 nitrogen and oxygen atoms in total. The number of hydrogen-bond acceptors (Lipinski definition) is 3. The maximum atomic E-state index is 12.4. The molecule has 1 N–H and O–H groups in total. The Morgan fingerprint density at radius 1 is 1.40 bits per heavy atom. The number of rotatable bonds is 4. The average Bonchev–Trinajstić information content (AvgIpc) is 2.88. The van der Waals surface area contributed by atoms with Crippen LogP contribution in [-0.4, -0.2) is 42.8 Å². The van der Waals surface area contributed by atoms with Gasteiger partial charge < -0.3 is 15.0 Å². The molecule has 5 heteroatoms.